The molecule has 3 atom stereocenters. The van der Waals surface area contributed by atoms with Crippen LogP contribution < -0.4 is 5.73 Å². The molecule has 1 aromatic rings. The van der Waals surface area contributed by atoms with Crippen LogP contribution in [0.25, 0.3) is 0 Å². The summed E-state index contributed by atoms with van der Waals surface area (Å²) in [4.78, 5) is 31.7. The second-order valence-electron chi connectivity index (χ2n) is 10.2. The number of esters is 2. The third kappa shape index (κ3) is 15.7. The molecular weight excluding hydrogens is 522 g/mol. The fourth-order valence-electron chi connectivity index (χ4n) is 3.83. The van der Waals surface area contributed by atoms with E-state index in [4.69, 9.17) is 20.2 Å². The zero-order valence-corrected chi connectivity index (χ0v) is 26.4. The number of hydrogen-bond donors (Lipinski definition) is 1. The molecule has 0 radical (unpaired) electrons. The average molecular weight is 572 g/mol. The van der Waals surface area contributed by atoms with Crippen LogP contribution in [-0.4, -0.2) is 60.7 Å². The summed E-state index contributed by atoms with van der Waals surface area (Å²) in [5.74, 6) is -0.717. The maximum absolute atomic E-state index is 12.6. The van der Waals surface area contributed by atoms with Crippen molar-refractivity contribution in [3.8, 4) is 0 Å². The van der Waals surface area contributed by atoms with Gasteiger partial charge in [0.1, 0.15) is 12.2 Å². The van der Waals surface area contributed by atoms with Gasteiger partial charge in [0, 0.05) is 36.9 Å². The van der Waals surface area contributed by atoms with Crippen LogP contribution in [0.1, 0.15) is 57.7 Å². The molecule has 2 bridgehead atoms. The summed E-state index contributed by atoms with van der Waals surface area (Å²) in [6, 6.07) is -0.289. The second-order valence-corrected chi connectivity index (χ2v) is 11.2. The molecule has 7 nitrogen and oxygen atoms in total. The van der Waals surface area contributed by atoms with Crippen molar-refractivity contribution in [1.29, 1.82) is 0 Å². The number of carbonyl (C=O) groups excluding carboxylic acids is 2. The average Bonchev–Trinajstić information content (AvgIpc) is 3.26. The quantitative estimate of drug-likeness (QED) is 0.263. The summed E-state index contributed by atoms with van der Waals surface area (Å²) in [5.41, 5.74) is 10.3. The Hall–Kier alpha value is -2.81. The highest BCUT2D eigenvalue weighted by atomic mass is 32.1. The summed E-state index contributed by atoms with van der Waals surface area (Å²) < 4.78 is 11.3. The van der Waals surface area contributed by atoms with Gasteiger partial charge in [-0.3, -0.25) is 4.79 Å². The van der Waals surface area contributed by atoms with E-state index < -0.39 is 12.1 Å². The van der Waals surface area contributed by atoms with E-state index in [0.717, 1.165) is 28.4 Å². The standard InChI is InChI=1S/C30H43N3O4S.2CH3/c1-21(14-15-33(5)6)10-11-23(3)17-27-19-28-32-26(20-38-28)13-12-25(31)18-30(35)36-24(4)16-22(2)8-7-9-29(34)37-27;;/h7-11,14,17,20,24-25,27H,12-13,15-16,18-19,31H2,1-6H3;2*1H3/q;2*-1/b9-7-,11-10+,21-14+,22-8+,23-17+;;. The Kier molecular flexibility index (Phi) is 17.9. The Morgan fingerprint density at radius 3 is 2.52 bits per heavy atom. The Balaban J connectivity index is 0.00000760. The molecule has 0 aliphatic carbocycles. The molecule has 40 heavy (non-hydrogen) atoms. The number of allylic oxidation sites excluding steroid dienone is 6. The van der Waals surface area contributed by atoms with Crippen molar-refractivity contribution in [2.45, 2.75) is 78.0 Å². The topological polar surface area (TPSA) is 94.8 Å². The van der Waals surface area contributed by atoms with Gasteiger partial charge in [0.25, 0.3) is 0 Å². The van der Waals surface area contributed by atoms with E-state index in [2.05, 4.69) is 24.0 Å². The Bertz CT molecular complexity index is 1080. The van der Waals surface area contributed by atoms with Crippen molar-refractivity contribution >= 4 is 23.3 Å². The van der Waals surface area contributed by atoms with Crippen LogP contribution in [0.4, 0.5) is 0 Å². The van der Waals surface area contributed by atoms with Gasteiger partial charge >= 0.3 is 11.9 Å². The van der Waals surface area contributed by atoms with Crippen LogP contribution >= 0.6 is 11.3 Å². The van der Waals surface area contributed by atoms with Gasteiger partial charge in [-0.05, 0) is 60.7 Å². The summed E-state index contributed by atoms with van der Waals surface area (Å²) in [7, 11) is 4.07. The van der Waals surface area contributed by atoms with E-state index >= 15 is 0 Å². The monoisotopic (exact) mass is 571 g/mol. The smallest absolute Gasteiger partial charge is 0.331 e. The Morgan fingerprint density at radius 1 is 1.12 bits per heavy atom. The lowest BCUT2D eigenvalue weighted by atomic mass is 10.1. The number of aryl methyl sites for hydroxylation is 1. The van der Waals surface area contributed by atoms with Crippen LogP contribution in [0.15, 0.2) is 64.6 Å². The zero-order valence-electron chi connectivity index (χ0n) is 25.6. The number of fused-ring (bicyclic) bond motifs is 2. The lowest BCUT2D eigenvalue weighted by molar-refractivity contribution is -0.148. The summed E-state index contributed by atoms with van der Waals surface area (Å²) in [6.07, 6.45) is 15.0. The van der Waals surface area contributed by atoms with Crippen LogP contribution in [0.3, 0.4) is 0 Å². The number of aromatic nitrogens is 1. The minimum Gasteiger partial charge on any atom is -0.462 e. The number of ether oxygens (including phenoxy) is 2. The van der Waals surface area contributed by atoms with Gasteiger partial charge in [-0.1, -0.05) is 47.1 Å². The molecule has 2 N–H and O–H groups in total. The fourth-order valence-corrected chi connectivity index (χ4v) is 4.71. The van der Waals surface area contributed by atoms with Gasteiger partial charge in [-0.2, -0.15) is 0 Å². The molecule has 1 aromatic heterocycles. The molecule has 224 valence electrons. The highest BCUT2D eigenvalue weighted by molar-refractivity contribution is 7.09. The molecule has 0 spiro atoms. The zero-order chi connectivity index (χ0) is 28.1. The van der Waals surface area contributed by atoms with Crippen LogP contribution in [0.2, 0.25) is 0 Å². The minimum atomic E-state index is -0.456. The molecule has 0 aromatic carbocycles. The number of thiazole rings is 1. The van der Waals surface area contributed by atoms with E-state index in [0.29, 0.717) is 25.7 Å². The lowest BCUT2D eigenvalue weighted by Crippen LogP contribution is -2.27. The van der Waals surface area contributed by atoms with Crippen molar-refractivity contribution in [2.24, 2.45) is 5.73 Å². The number of cyclic esters (lactones) is 2. The third-order valence-corrected chi connectivity index (χ3v) is 6.75. The SMILES string of the molecule is CC(/C=C/C(C)=C/C1Cc2nc(cs2)CCC(N)CC(=O)OC(C)C/C(C)=C/C=C\C(=O)O1)=C\CN(C)C.[CH3-].[CH3-]. The molecule has 0 amide bonds. The lowest BCUT2D eigenvalue weighted by Gasteiger charge is -2.15. The first-order valence-electron chi connectivity index (χ1n) is 13.1. The number of nitrogens with zero attached hydrogens (tertiary/aromatic N) is 2. The third-order valence-electron chi connectivity index (χ3n) is 5.83. The van der Waals surface area contributed by atoms with E-state index in [1.807, 2.05) is 58.5 Å². The van der Waals surface area contributed by atoms with Gasteiger partial charge in [-0.15, -0.1) is 11.3 Å². The normalized spacial score (nSPS) is 24.4. The maximum Gasteiger partial charge on any atom is 0.331 e. The van der Waals surface area contributed by atoms with Crippen molar-refractivity contribution < 1.29 is 19.1 Å². The first kappa shape index (κ1) is 37.2. The number of rotatable bonds is 5. The summed E-state index contributed by atoms with van der Waals surface area (Å²) in [5, 5.41) is 2.88. The maximum atomic E-state index is 12.6. The number of hydrogen-bond acceptors (Lipinski definition) is 8. The van der Waals surface area contributed by atoms with Gasteiger partial charge < -0.3 is 35.0 Å². The summed E-state index contributed by atoms with van der Waals surface area (Å²) >= 11 is 1.54. The fraction of sp³-hybridized carbons (Fsp3) is 0.469. The predicted octanol–water partition coefficient (Wildman–Crippen LogP) is 6.00. The molecule has 0 fully saturated rings. The number of nitrogens with two attached hydrogens (primary N) is 1. The first-order chi connectivity index (χ1) is 18.0. The Labute approximate surface area is 246 Å². The molecule has 1 aliphatic rings. The predicted molar refractivity (Wildman–Crippen MR) is 168 cm³/mol. The van der Waals surface area contributed by atoms with E-state index in [1.165, 1.54) is 23.0 Å². The van der Waals surface area contributed by atoms with Crippen molar-refractivity contribution in [3.63, 3.8) is 0 Å². The van der Waals surface area contributed by atoms with Gasteiger partial charge in [0.15, 0.2) is 0 Å². The molecule has 2 heterocycles. The van der Waals surface area contributed by atoms with E-state index in [-0.39, 0.29) is 39.4 Å². The van der Waals surface area contributed by atoms with Gasteiger partial charge in [0.2, 0.25) is 0 Å². The first-order valence-corrected chi connectivity index (χ1v) is 14.0. The molecule has 3 unspecified atom stereocenters. The molecule has 1 aliphatic heterocycles. The highest BCUT2D eigenvalue weighted by Gasteiger charge is 2.17. The van der Waals surface area contributed by atoms with E-state index in [1.54, 1.807) is 6.08 Å². The van der Waals surface area contributed by atoms with Crippen LogP contribution in [0.5, 0.6) is 0 Å². The van der Waals surface area contributed by atoms with Crippen molar-refractivity contribution in [1.82, 2.24) is 9.88 Å². The molecule has 8 heteroatoms. The van der Waals surface area contributed by atoms with E-state index in [9.17, 15) is 9.59 Å². The number of likely N-dealkylation sites (N-methyl/N-ethyl adjacent to an activating group) is 1. The van der Waals surface area contributed by atoms with Gasteiger partial charge in [0.05, 0.1) is 17.1 Å². The van der Waals surface area contributed by atoms with Crippen molar-refractivity contribution in [2.75, 3.05) is 20.6 Å². The number of carbonyl (C=O) groups is 2. The Morgan fingerprint density at radius 2 is 1.82 bits per heavy atom. The minimum absolute atomic E-state index is 0. The molecular formula is C32H49N3O4S-2. The molecule has 0 saturated heterocycles. The van der Waals surface area contributed by atoms with Crippen molar-refractivity contribution in [3.05, 3.63) is 90.2 Å². The summed E-state index contributed by atoms with van der Waals surface area (Å²) in [6.45, 7) is 8.73. The highest BCUT2D eigenvalue weighted by Crippen LogP contribution is 2.18. The van der Waals surface area contributed by atoms with Crippen LogP contribution in [0, 0.1) is 14.9 Å². The van der Waals surface area contributed by atoms with Crippen LogP contribution in [-0.2, 0) is 31.9 Å². The second kappa shape index (κ2) is 19.3. The molecule has 2 rings (SSSR count). The largest absolute Gasteiger partial charge is 0.462 e. The molecule has 0 saturated carbocycles. The van der Waals surface area contributed by atoms with Gasteiger partial charge in [-0.25, -0.2) is 9.78 Å².